The molecule has 5 rings (SSSR count). The van der Waals surface area contributed by atoms with Crippen molar-refractivity contribution in [3.05, 3.63) is 90.3 Å². The molecule has 7 nitrogen and oxygen atoms in total. The van der Waals surface area contributed by atoms with Gasteiger partial charge in [0.25, 0.3) is 0 Å². The first-order chi connectivity index (χ1) is 18.7. The van der Waals surface area contributed by atoms with E-state index in [1.807, 2.05) is 30.6 Å². The lowest BCUT2D eigenvalue weighted by atomic mass is 10.1. The minimum atomic E-state index is 0.579. The number of methoxy groups -OCH3 is 3. The molecule has 1 aliphatic rings. The number of ether oxygens (including phenoxy) is 3. The van der Waals surface area contributed by atoms with Crippen molar-refractivity contribution in [1.82, 2.24) is 19.8 Å². The molecule has 1 aliphatic heterocycles. The van der Waals surface area contributed by atoms with E-state index in [1.165, 1.54) is 11.1 Å². The Labute approximate surface area is 224 Å². The van der Waals surface area contributed by atoms with Crippen LogP contribution in [-0.2, 0) is 13.1 Å². The molecule has 196 valence electrons. The molecule has 0 radical (unpaired) electrons. The highest BCUT2D eigenvalue weighted by atomic mass is 16.5. The van der Waals surface area contributed by atoms with E-state index in [9.17, 15) is 0 Å². The molecule has 38 heavy (non-hydrogen) atoms. The second-order valence-electron chi connectivity index (χ2n) is 9.43. The van der Waals surface area contributed by atoms with Gasteiger partial charge >= 0.3 is 0 Å². The third-order valence-corrected chi connectivity index (χ3v) is 6.96. The number of hydrogen-bond acceptors (Lipinski definition) is 7. The summed E-state index contributed by atoms with van der Waals surface area (Å²) >= 11 is 0. The monoisotopic (exact) mass is 510 g/mol. The van der Waals surface area contributed by atoms with Crippen LogP contribution in [0.2, 0.25) is 0 Å². The second-order valence-corrected chi connectivity index (χ2v) is 9.43. The van der Waals surface area contributed by atoms with Crippen LogP contribution in [-0.4, -0.2) is 67.3 Å². The van der Waals surface area contributed by atoms with Crippen LogP contribution in [0.5, 0.6) is 17.2 Å². The van der Waals surface area contributed by atoms with Crippen molar-refractivity contribution < 1.29 is 14.2 Å². The van der Waals surface area contributed by atoms with E-state index < -0.39 is 0 Å². The minimum absolute atomic E-state index is 0.579. The highest BCUT2D eigenvalue weighted by Gasteiger charge is 2.19. The molecule has 4 aromatic rings. The molecule has 2 aromatic heterocycles. The van der Waals surface area contributed by atoms with Crippen LogP contribution < -0.4 is 14.2 Å². The third kappa shape index (κ3) is 5.96. The van der Waals surface area contributed by atoms with Gasteiger partial charge in [0.1, 0.15) is 0 Å². The van der Waals surface area contributed by atoms with Crippen molar-refractivity contribution in [2.75, 3.05) is 47.5 Å². The summed E-state index contributed by atoms with van der Waals surface area (Å²) in [5.41, 5.74) is 6.53. The maximum absolute atomic E-state index is 5.53. The summed E-state index contributed by atoms with van der Waals surface area (Å²) in [5, 5.41) is 0. The van der Waals surface area contributed by atoms with Crippen LogP contribution in [0, 0.1) is 0 Å². The zero-order chi connectivity index (χ0) is 26.3. The fraction of sp³-hybridized carbons (Fsp3) is 0.290. The van der Waals surface area contributed by atoms with Gasteiger partial charge in [-0.2, -0.15) is 0 Å². The molecule has 0 N–H and O–H groups in total. The molecule has 3 heterocycles. The molecular formula is C31H34N4O3. The molecular weight excluding hydrogens is 476 g/mol. The topological polar surface area (TPSA) is 60.0 Å². The number of piperazine rings is 1. The van der Waals surface area contributed by atoms with E-state index in [0.29, 0.717) is 17.2 Å². The second kappa shape index (κ2) is 12.1. The van der Waals surface area contributed by atoms with E-state index in [0.717, 1.165) is 61.8 Å². The average molecular weight is 511 g/mol. The van der Waals surface area contributed by atoms with Gasteiger partial charge in [-0.05, 0) is 47.5 Å². The molecule has 1 fully saturated rings. The van der Waals surface area contributed by atoms with Crippen LogP contribution in [0.15, 0.2) is 79.1 Å². The molecule has 0 spiro atoms. The Bertz CT molecular complexity index is 1330. The lowest BCUT2D eigenvalue weighted by Gasteiger charge is -2.34. The molecule has 0 bridgehead atoms. The maximum Gasteiger partial charge on any atom is 0.203 e. The largest absolute Gasteiger partial charge is 0.493 e. The molecule has 1 saturated heterocycles. The van der Waals surface area contributed by atoms with Crippen LogP contribution in [0.4, 0.5) is 0 Å². The van der Waals surface area contributed by atoms with Crippen molar-refractivity contribution >= 4 is 0 Å². The van der Waals surface area contributed by atoms with Crippen molar-refractivity contribution in [3.63, 3.8) is 0 Å². The van der Waals surface area contributed by atoms with Crippen molar-refractivity contribution in [2.45, 2.75) is 13.1 Å². The number of rotatable bonds is 9. The standard InChI is InChI=1S/C31H34N4O3/c1-36-29-19-26(20-30(37-2)31(29)38-3)28-18-24(10-12-33-28)22-35-15-13-34(14-16-35)21-23-9-11-32-27(17-23)25-7-5-4-6-8-25/h4-12,17-20H,13-16,21-22H2,1-3H3. The molecule has 0 aliphatic carbocycles. The quantitative estimate of drug-likeness (QED) is 0.308. The number of aromatic nitrogens is 2. The maximum atomic E-state index is 5.53. The normalized spacial score (nSPS) is 14.3. The van der Waals surface area contributed by atoms with Gasteiger partial charge in [-0.25, -0.2) is 0 Å². The third-order valence-electron chi connectivity index (χ3n) is 6.96. The van der Waals surface area contributed by atoms with Gasteiger partial charge in [0.05, 0.1) is 32.7 Å². The Morgan fingerprint density at radius 3 is 1.58 bits per heavy atom. The predicted molar refractivity (Wildman–Crippen MR) is 150 cm³/mol. The number of benzene rings is 2. The van der Waals surface area contributed by atoms with Gasteiger partial charge in [0, 0.05) is 62.8 Å². The Hall–Kier alpha value is -3.94. The molecule has 0 unspecified atom stereocenters. The Kier molecular flexibility index (Phi) is 8.16. The summed E-state index contributed by atoms with van der Waals surface area (Å²) < 4.78 is 16.5. The van der Waals surface area contributed by atoms with E-state index in [2.05, 4.69) is 68.3 Å². The fourth-order valence-corrected chi connectivity index (χ4v) is 4.92. The van der Waals surface area contributed by atoms with Crippen LogP contribution in [0.1, 0.15) is 11.1 Å². The Balaban J connectivity index is 1.21. The van der Waals surface area contributed by atoms with E-state index >= 15 is 0 Å². The summed E-state index contributed by atoms with van der Waals surface area (Å²) in [4.78, 5) is 14.2. The molecule has 2 aromatic carbocycles. The first-order valence-electron chi connectivity index (χ1n) is 12.9. The zero-order valence-corrected chi connectivity index (χ0v) is 22.3. The molecule has 7 heteroatoms. The van der Waals surface area contributed by atoms with Crippen LogP contribution >= 0.6 is 0 Å². The van der Waals surface area contributed by atoms with Crippen LogP contribution in [0.3, 0.4) is 0 Å². The smallest absolute Gasteiger partial charge is 0.203 e. The average Bonchev–Trinajstić information content (AvgIpc) is 2.98. The van der Waals surface area contributed by atoms with E-state index in [1.54, 1.807) is 21.3 Å². The van der Waals surface area contributed by atoms with Crippen molar-refractivity contribution in [3.8, 4) is 39.8 Å². The highest BCUT2D eigenvalue weighted by molar-refractivity contribution is 5.69. The van der Waals surface area contributed by atoms with Crippen molar-refractivity contribution in [1.29, 1.82) is 0 Å². The summed E-state index contributed by atoms with van der Waals surface area (Å²) in [6.07, 6.45) is 3.79. The molecule has 0 saturated carbocycles. The Morgan fingerprint density at radius 2 is 1.11 bits per heavy atom. The SMILES string of the molecule is COc1cc(-c2cc(CN3CCN(Cc4ccnc(-c5ccccc5)c4)CC3)ccn2)cc(OC)c1OC. The van der Waals surface area contributed by atoms with Gasteiger partial charge < -0.3 is 14.2 Å². The van der Waals surface area contributed by atoms with Gasteiger partial charge in [-0.15, -0.1) is 0 Å². The van der Waals surface area contributed by atoms with E-state index in [-0.39, 0.29) is 0 Å². The van der Waals surface area contributed by atoms with Gasteiger partial charge in [-0.1, -0.05) is 30.3 Å². The van der Waals surface area contributed by atoms with Gasteiger partial charge in [0.15, 0.2) is 11.5 Å². The summed E-state index contributed by atoms with van der Waals surface area (Å²) in [6.45, 7) is 5.95. The number of nitrogens with zero attached hydrogens (tertiary/aromatic N) is 4. The summed E-state index contributed by atoms with van der Waals surface area (Å²) in [5.74, 6) is 1.82. The van der Waals surface area contributed by atoms with Gasteiger partial charge in [-0.3, -0.25) is 19.8 Å². The molecule has 0 amide bonds. The minimum Gasteiger partial charge on any atom is -0.493 e. The first-order valence-corrected chi connectivity index (χ1v) is 12.9. The lowest BCUT2D eigenvalue weighted by molar-refractivity contribution is 0.122. The number of pyridine rings is 2. The Morgan fingerprint density at radius 1 is 0.605 bits per heavy atom. The number of hydrogen-bond donors (Lipinski definition) is 0. The predicted octanol–water partition coefficient (Wildman–Crippen LogP) is 5.15. The first kappa shape index (κ1) is 25.7. The van der Waals surface area contributed by atoms with Gasteiger partial charge in [0.2, 0.25) is 5.75 Å². The van der Waals surface area contributed by atoms with E-state index in [4.69, 9.17) is 14.2 Å². The van der Waals surface area contributed by atoms with Crippen LogP contribution in [0.25, 0.3) is 22.5 Å². The summed E-state index contributed by atoms with van der Waals surface area (Å²) in [7, 11) is 4.86. The highest BCUT2D eigenvalue weighted by Crippen LogP contribution is 2.40. The zero-order valence-electron chi connectivity index (χ0n) is 22.3. The van der Waals surface area contributed by atoms with Crippen molar-refractivity contribution in [2.24, 2.45) is 0 Å². The fourth-order valence-electron chi connectivity index (χ4n) is 4.92. The lowest BCUT2D eigenvalue weighted by Crippen LogP contribution is -2.45. The summed E-state index contributed by atoms with van der Waals surface area (Å²) in [6, 6.07) is 22.8. The molecule has 0 atom stereocenters.